The molecule has 0 unspecified atom stereocenters. The van der Waals surface area contributed by atoms with Crippen molar-refractivity contribution in [3.05, 3.63) is 51.6 Å². The molecule has 0 amide bonds. The van der Waals surface area contributed by atoms with Crippen LogP contribution in [0.3, 0.4) is 0 Å². The van der Waals surface area contributed by atoms with E-state index in [2.05, 4.69) is 9.97 Å². The van der Waals surface area contributed by atoms with Gasteiger partial charge in [-0.3, -0.25) is 4.79 Å². The first kappa shape index (κ1) is 12.2. The van der Waals surface area contributed by atoms with Gasteiger partial charge in [0.1, 0.15) is 17.4 Å². The maximum Gasteiger partial charge on any atom is 0.255 e. The lowest BCUT2D eigenvalue weighted by atomic mass is 10.1. The quantitative estimate of drug-likeness (QED) is 0.853. The molecule has 2 rings (SSSR count). The Labute approximate surface area is 105 Å². The van der Waals surface area contributed by atoms with Crippen LogP contribution >= 0.6 is 0 Å². The van der Waals surface area contributed by atoms with Gasteiger partial charge in [-0.1, -0.05) is 12.1 Å². The van der Waals surface area contributed by atoms with Crippen LogP contribution in [0.1, 0.15) is 17.0 Å². The van der Waals surface area contributed by atoms with E-state index in [0.717, 1.165) is 11.3 Å². The summed E-state index contributed by atoms with van der Waals surface area (Å²) in [4.78, 5) is 18.4. The summed E-state index contributed by atoms with van der Waals surface area (Å²) >= 11 is 0. The van der Waals surface area contributed by atoms with Crippen molar-refractivity contribution in [3.8, 4) is 5.75 Å². The Bertz CT molecular complexity index is 603. The Balaban J connectivity index is 2.25. The Kier molecular flexibility index (Phi) is 3.32. The summed E-state index contributed by atoms with van der Waals surface area (Å²) in [7, 11) is 1.62. The summed E-state index contributed by atoms with van der Waals surface area (Å²) in [5, 5.41) is 0. The van der Waals surface area contributed by atoms with E-state index in [4.69, 9.17) is 10.5 Å². The largest absolute Gasteiger partial charge is 0.497 e. The third kappa shape index (κ3) is 2.51. The van der Waals surface area contributed by atoms with Gasteiger partial charge in [-0.05, 0) is 24.6 Å². The van der Waals surface area contributed by atoms with Crippen LogP contribution in [0.4, 0.5) is 5.82 Å². The Morgan fingerprint density at radius 1 is 1.33 bits per heavy atom. The van der Waals surface area contributed by atoms with E-state index in [-0.39, 0.29) is 11.4 Å². The number of hydrogen-bond acceptors (Lipinski definition) is 4. The van der Waals surface area contributed by atoms with Gasteiger partial charge in [0.25, 0.3) is 5.56 Å². The molecule has 18 heavy (non-hydrogen) atoms. The zero-order valence-electron chi connectivity index (χ0n) is 10.4. The molecule has 3 N–H and O–H groups in total. The highest BCUT2D eigenvalue weighted by Crippen LogP contribution is 2.13. The van der Waals surface area contributed by atoms with Crippen LogP contribution < -0.4 is 16.0 Å². The van der Waals surface area contributed by atoms with Crippen molar-refractivity contribution in [2.45, 2.75) is 13.3 Å². The molecule has 0 fully saturated rings. The van der Waals surface area contributed by atoms with Crippen LogP contribution in [0.25, 0.3) is 0 Å². The number of nitrogens with one attached hydrogen (secondary N) is 1. The molecule has 1 aromatic carbocycles. The first-order chi connectivity index (χ1) is 8.60. The standard InChI is InChI=1S/C13H15N3O2/c1-8-12(14)15-11(16-13(8)17)7-9-3-5-10(18-2)6-4-9/h3-6H,7H2,1-2H3,(H3,14,15,16,17). The molecular weight excluding hydrogens is 230 g/mol. The van der Waals surface area contributed by atoms with Crippen molar-refractivity contribution in [1.29, 1.82) is 0 Å². The van der Waals surface area contributed by atoms with E-state index in [0.29, 0.717) is 17.8 Å². The molecular formula is C13H15N3O2. The van der Waals surface area contributed by atoms with Crippen molar-refractivity contribution < 1.29 is 4.74 Å². The Hall–Kier alpha value is -2.30. The molecule has 0 radical (unpaired) electrons. The van der Waals surface area contributed by atoms with Gasteiger partial charge in [0.15, 0.2) is 0 Å². The number of hydrogen-bond donors (Lipinski definition) is 2. The number of ether oxygens (including phenoxy) is 1. The van der Waals surface area contributed by atoms with Crippen LogP contribution in [0.2, 0.25) is 0 Å². The number of nitrogens with zero attached hydrogens (tertiary/aromatic N) is 1. The third-order valence-electron chi connectivity index (χ3n) is 2.77. The molecule has 2 aromatic rings. The average molecular weight is 245 g/mol. The third-order valence-corrected chi connectivity index (χ3v) is 2.77. The van der Waals surface area contributed by atoms with Gasteiger partial charge in [-0.15, -0.1) is 0 Å². The monoisotopic (exact) mass is 245 g/mol. The first-order valence-electron chi connectivity index (χ1n) is 5.58. The summed E-state index contributed by atoms with van der Waals surface area (Å²) in [6.07, 6.45) is 0.531. The number of aromatic nitrogens is 2. The van der Waals surface area contributed by atoms with E-state index >= 15 is 0 Å². The number of benzene rings is 1. The van der Waals surface area contributed by atoms with Crippen LogP contribution in [-0.4, -0.2) is 17.1 Å². The zero-order chi connectivity index (χ0) is 13.1. The fourth-order valence-electron chi connectivity index (χ4n) is 1.62. The van der Waals surface area contributed by atoms with Crippen molar-refractivity contribution in [2.75, 3.05) is 12.8 Å². The van der Waals surface area contributed by atoms with E-state index in [1.54, 1.807) is 14.0 Å². The van der Waals surface area contributed by atoms with Crippen LogP contribution in [0.5, 0.6) is 5.75 Å². The zero-order valence-corrected chi connectivity index (χ0v) is 10.4. The number of nitrogens with two attached hydrogens (primary N) is 1. The summed E-state index contributed by atoms with van der Waals surface area (Å²) in [6.45, 7) is 1.65. The van der Waals surface area contributed by atoms with Gasteiger partial charge in [0.05, 0.1) is 12.7 Å². The molecule has 1 heterocycles. The second kappa shape index (κ2) is 4.91. The fourth-order valence-corrected chi connectivity index (χ4v) is 1.62. The summed E-state index contributed by atoms with van der Waals surface area (Å²) in [5.41, 5.74) is 6.96. The number of rotatable bonds is 3. The maximum absolute atomic E-state index is 11.6. The van der Waals surface area contributed by atoms with E-state index < -0.39 is 0 Å². The summed E-state index contributed by atoms with van der Waals surface area (Å²) in [6, 6.07) is 7.58. The molecule has 1 aromatic heterocycles. The lowest BCUT2D eigenvalue weighted by molar-refractivity contribution is 0.414. The summed E-state index contributed by atoms with van der Waals surface area (Å²) < 4.78 is 5.08. The number of H-pyrrole nitrogens is 1. The smallest absolute Gasteiger partial charge is 0.255 e. The van der Waals surface area contributed by atoms with Crippen molar-refractivity contribution >= 4 is 5.82 Å². The van der Waals surface area contributed by atoms with Gasteiger partial charge in [0, 0.05) is 6.42 Å². The topological polar surface area (TPSA) is 81.0 Å². The minimum atomic E-state index is -0.189. The molecule has 0 spiro atoms. The molecule has 0 aliphatic heterocycles. The number of methoxy groups -OCH3 is 1. The Morgan fingerprint density at radius 2 is 2.00 bits per heavy atom. The van der Waals surface area contributed by atoms with Gasteiger partial charge in [-0.2, -0.15) is 0 Å². The van der Waals surface area contributed by atoms with Crippen molar-refractivity contribution in [2.24, 2.45) is 0 Å². The van der Waals surface area contributed by atoms with Crippen molar-refractivity contribution in [1.82, 2.24) is 9.97 Å². The molecule has 5 heteroatoms. The molecule has 5 nitrogen and oxygen atoms in total. The predicted octanol–water partition coefficient (Wildman–Crippen LogP) is 1.26. The molecule has 0 aliphatic carbocycles. The minimum Gasteiger partial charge on any atom is -0.497 e. The van der Waals surface area contributed by atoms with Gasteiger partial charge in [-0.25, -0.2) is 4.98 Å². The first-order valence-corrected chi connectivity index (χ1v) is 5.58. The molecule has 0 atom stereocenters. The number of nitrogen functional groups attached to an aromatic ring is 1. The second-order valence-corrected chi connectivity index (χ2v) is 4.05. The van der Waals surface area contributed by atoms with E-state index in [1.165, 1.54) is 0 Å². The Morgan fingerprint density at radius 3 is 2.56 bits per heavy atom. The SMILES string of the molecule is COc1ccc(Cc2nc(N)c(C)c(=O)[nH]2)cc1. The highest BCUT2D eigenvalue weighted by Gasteiger charge is 2.05. The fraction of sp³-hybridized carbons (Fsp3) is 0.231. The van der Waals surface area contributed by atoms with Crippen LogP contribution in [0, 0.1) is 6.92 Å². The van der Waals surface area contributed by atoms with Gasteiger partial charge < -0.3 is 15.5 Å². The summed E-state index contributed by atoms with van der Waals surface area (Å²) in [5.74, 6) is 1.64. The maximum atomic E-state index is 11.6. The van der Waals surface area contributed by atoms with E-state index in [1.807, 2.05) is 24.3 Å². The predicted molar refractivity (Wildman–Crippen MR) is 69.8 cm³/mol. The molecule has 94 valence electrons. The van der Waals surface area contributed by atoms with Crippen LogP contribution in [-0.2, 0) is 6.42 Å². The van der Waals surface area contributed by atoms with Crippen LogP contribution in [0.15, 0.2) is 29.1 Å². The van der Waals surface area contributed by atoms with Gasteiger partial charge in [0.2, 0.25) is 0 Å². The number of aromatic amines is 1. The van der Waals surface area contributed by atoms with E-state index in [9.17, 15) is 4.79 Å². The number of anilines is 1. The molecule has 0 aliphatic rings. The second-order valence-electron chi connectivity index (χ2n) is 4.05. The molecule has 0 saturated heterocycles. The molecule has 0 bridgehead atoms. The lowest BCUT2D eigenvalue weighted by Gasteiger charge is -2.05. The van der Waals surface area contributed by atoms with Crippen molar-refractivity contribution in [3.63, 3.8) is 0 Å². The normalized spacial score (nSPS) is 10.3. The molecule has 0 saturated carbocycles. The van der Waals surface area contributed by atoms with Gasteiger partial charge >= 0.3 is 0 Å². The average Bonchev–Trinajstić information content (AvgIpc) is 2.37. The lowest BCUT2D eigenvalue weighted by Crippen LogP contribution is -2.17. The minimum absolute atomic E-state index is 0.189. The highest BCUT2D eigenvalue weighted by molar-refractivity contribution is 5.37. The highest BCUT2D eigenvalue weighted by atomic mass is 16.5.